The number of aromatic nitrogens is 2. The van der Waals surface area contributed by atoms with Crippen LogP contribution in [0.1, 0.15) is 62.4 Å². The van der Waals surface area contributed by atoms with E-state index in [0.29, 0.717) is 6.54 Å². The number of unbranched alkanes of at least 4 members (excludes halogenated alkanes) is 1. The molecule has 1 aromatic rings. The maximum absolute atomic E-state index is 12.1. The van der Waals surface area contributed by atoms with Crippen LogP contribution in [0.25, 0.3) is 0 Å². The fourth-order valence-electron chi connectivity index (χ4n) is 3.21. The molecule has 1 aliphatic rings. The molecule has 0 aromatic carbocycles. The number of guanidine groups is 1. The highest BCUT2D eigenvalue weighted by molar-refractivity contribution is 6.31. The second-order valence-corrected chi connectivity index (χ2v) is 7.37. The summed E-state index contributed by atoms with van der Waals surface area (Å²) in [5, 5.41) is 13.0. The molecule has 8 nitrogen and oxygen atoms in total. The molecule has 2 rings (SSSR count). The number of carbonyl (C=O) groups is 1. The summed E-state index contributed by atoms with van der Waals surface area (Å²) in [6, 6.07) is 0. The molecule has 144 valence electrons. The van der Waals surface area contributed by atoms with Gasteiger partial charge in [-0.2, -0.15) is 0 Å². The Labute approximate surface area is 159 Å². The second kappa shape index (κ2) is 9.56. The molecule has 0 radical (unpaired) electrons. The molecular formula is C17H28ClN7O. The zero-order valence-electron chi connectivity index (χ0n) is 15.1. The Bertz CT molecular complexity index is 644. The minimum absolute atomic E-state index is 0.0404. The molecule has 0 bridgehead atoms. The average Bonchev–Trinajstić information content (AvgIpc) is 2.59. The van der Waals surface area contributed by atoms with Crippen molar-refractivity contribution in [1.82, 2.24) is 20.6 Å². The molecule has 1 aromatic heterocycles. The normalized spacial score (nSPS) is 19.8. The van der Waals surface area contributed by atoms with Gasteiger partial charge in [-0.1, -0.05) is 57.0 Å². The maximum Gasteiger partial charge on any atom is 0.280 e. The van der Waals surface area contributed by atoms with Gasteiger partial charge in [0.05, 0.1) is 0 Å². The van der Waals surface area contributed by atoms with Crippen molar-refractivity contribution in [3.8, 4) is 0 Å². The van der Waals surface area contributed by atoms with E-state index >= 15 is 0 Å². The summed E-state index contributed by atoms with van der Waals surface area (Å²) in [6.07, 6.45) is 8.70. The molecule has 26 heavy (non-hydrogen) atoms. The van der Waals surface area contributed by atoms with Crippen LogP contribution in [-0.4, -0.2) is 28.4 Å². The Morgan fingerprint density at radius 1 is 1.19 bits per heavy atom. The molecule has 0 unspecified atom stereocenters. The number of anilines is 2. The fourth-order valence-corrected chi connectivity index (χ4v) is 3.34. The number of nitrogen functional groups attached to an aromatic ring is 2. The van der Waals surface area contributed by atoms with E-state index in [1.165, 1.54) is 32.1 Å². The van der Waals surface area contributed by atoms with Crippen LogP contribution in [-0.2, 0) is 0 Å². The lowest BCUT2D eigenvalue weighted by molar-refractivity contribution is 0.0971. The number of nitrogens with one attached hydrogen (secondary N) is 3. The van der Waals surface area contributed by atoms with E-state index in [4.69, 9.17) is 28.5 Å². The maximum atomic E-state index is 12.1. The van der Waals surface area contributed by atoms with E-state index in [1.54, 1.807) is 0 Å². The fraction of sp³-hybridized carbons (Fsp3) is 0.647. The number of halogens is 1. The molecule has 0 aliphatic heterocycles. The summed E-state index contributed by atoms with van der Waals surface area (Å²) < 4.78 is 0. The molecule has 1 amide bonds. The number of nitrogens with two attached hydrogens (primary N) is 2. The van der Waals surface area contributed by atoms with Crippen LogP contribution in [0.5, 0.6) is 0 Å². The first-order chi connectivity index (χ1) is 12.4. The van der Waals surface area contributed by atoms with Crippen LogP contribution in [0.15, 0.2) is 0 Å². The Morgan fingerprint density at radius 2 is 1.88 bits per heavy atom. The summed E-state index contributed by atoms with van der Waals surface area (Å²) in [7, 11) is 0. The molecular weight excluding hydrogens is 354 g/mol. The zero-order chi connectivity index (χ0) is 19.1. The first-order valence-electron chi connectivity index (χ1n) is 9.09. The number of hydrogen-bond donors (Lipinski definition) is 5. The SMILES string of the molecule is CC1CCC(CCCCNC(=N)NC(=O)c2nc(Cl)c(N)nc2N)CC1. The van der Waals surface area contributed by atoms with Crippen LogP contribution in [0.4, 0.5) is 11.6 Å². The molecule has 1 aliphatic carbocycles. The topological polar surface area (TPSA) is 143 Å². The van der Waals surface area contributed by atoms with Crippen LogP contribution in [0.2, 0.25) is 5.15 Å². The standard InChI is InChI=1S/C17H28ClN7O/c1-10-5-7-11(8-6-10)4-2-3-9-22-17(21)25-16(26)12-14(19)24-15(20)13(18)23-12/h10-11H,2-9H2,1H3,(H4,19,20,24)(H3,21,22,25,26). The Kier molecular flexibility index (Phi) is 7.44. The Hall–Kier alpha value is -2.09. The highest BCUT2D eigenvalue weighted by atomic mass is 35.5. The zero-order valence-corrected chi connectivity index (χ0v) is 15.9. The summed E-state index contributed by atoms with van der Waals surface area (Å²) in [5.74, 6) is 0.815. The van der Waals surface area contributed by atoms with Crippen molar-refractivity contribution >= 4 is 35.1 Å². The van der Waals surface area contributed by atoms with Crippen LogP contribution in [0.3, 0.4) is 0 Å². The summed E-state index contributed by atoms with van der Waals surface area (Å²) in [6.45, 7) is 2.96. The minimum atomic E-state index is -0.647. The van der Waals surface area contributed by atoms with Crippen molar-refractivity contribution in [2.45, 2.75) is 51.9 Å². The second-order valence-electron chi connectivity index (χ2n) is 7.01. The van der Waals surface area contributed by atoms with Crippen molar-refractivity contribution in [2.24, 2.45) is 11.8 Å². The van der Waals surface area contributed by atoms with E-state index < -0.39 is 5.91 Å². The molecule has 1 saturated carbocycles. The summed E-state index contributed by atoms with van der Waals surface area (Å²) >= 11 is 5.75. The lowest BCUT2D eigenvalue weighted by atomic mass is 9.81. The van der Waals surface area contributed by atoms with Crippen LogP contribution >= 0.6 is 11.6 Å². The number of hydrogen-bond acceptors (Lipinski definition) is 6. The van der Waals surface area contributed by atoms with E-state index in [1.807, 2.05) is 0 Å². The third-order valence-corrected chi connectivity index (χ3v) is 5.11. The van der Waals surface area contributed by atoms with Gasteiger partial charge in [-0.3, -0.25) is 15.5 Å². The van der Waals surface area contributed by atoms with E-state index in [-0.39, 0.29) is 28.4 Å². The first-order valence-corrected chi connectivity index (χ1v) is 9.46. The van der Waals surface area contributed by atoms with Gasteiger partial charge in [0.15, 0.2) is 28.4 Å². The Morgan fingerprint density at radius 3 is 2.58 bits per heavy atom. The molecule has 0 spiro atoms. The van der Waals surface area contributed by atoms with Gasteiger partial charge in [0, 0.05) is 6.54 Å². The van der Waals surface area contributed by atoms with Crippen molar-refractivity contribution in [3.63, 3.8) is 0 Å². The highest BCUT2D eigenvalue weighted by Gasteiger charge is 2.18. The molecule has 1 fully saturated rings. The van der Waals surface area contributed by atoms with Crippen molar-refractivity contribution in [2.75, 3.05) is 18.0 Å². The molecule has 9 heteroatoms. The van der Waals surface area contributed by atoms with Gasteiger partial charge in [-0.25, -0.2) is 9.97 Å². The molecule has 1 heterocycles. The lowest BCUT2D eigenvalue weighted by Gasteiger charge is -2.26. The predicted molar refractivity (Wildman–Crippen MR) is 104 cm³/mol. The van der Waals surface area contributed by atoms with Gasteiger partial charge in [-0.05, 0) is 18.3 Å². The third-order valence-electron chi connectivity index (χ3n) is 4.83. The van der Waals surface area contributed by atoms with Gasteiger partial charge in [0.1, 0.15) is 0 Å². The average molecular weight is 382 g/mol. The molecule has 7 N–H and O–H groups in total. The van der Waals surface area contributed by atoms with Crippen LogP contribution in [0, 0.1) is 17.2 Å². The predicted octanol–water partition coefficient (Wildman–Crippen LogP) is 2.55. The monoisotopic (exact) mass is 381 g/mol. The lowest BCUT2D eigenvalue weighted by Crippen LogP contribution is -2.41. The van der Waals surface area contributed by atoms with Crippen molar-refractivity contribution in [3.05, 3.63) is 10.8 Å². The van der Waals surface area contributed by atoms with Gasteiger partial charge < -0.3 is 16.8 Å². The molecule has 0 saturated heterocycles. The summed E-state index contributed by atoms with van der Waals surface area (Å²) in [4.78, 5) is 19.6. The van der Waals surface area contributed by atoms with E-state index in [9.17, 15) is 4.79 Å². The van der Waals surface area contributed by atoms with E-state index in [0.717, 1.165) is 24.7 Å². The Balaban J connectivity index is 1.65. The quantitative estimate of drug-likeness (QED) is 0.291. The summed E-state index contributed by atoms with van der Waals surface area (Å²) in [5.41, 5.74) is 10.9. The number of rotatable bonds is 6. The van der Waals surface area contributed by atoms with Gasteiger partial charge in [-0.15, -0.1) is 0 Å². The van der Waals surface area contributed by atoms with Crippen molar-refractivity contribution in [1.29, 1.82) is 5.41 Å². The van der Waals surface area contributed by atoms with Crippen molar-refractivity contribution < 1.29 is 4.79 Å². The molecule has 0 atom stereocenters. The number of carbonyl (C=O) groups excluding carboxylic acids is 1. The smallest absolute Gasteiger partial charge is 0.280 e. The van der Waals surface area contributed by atoms with Gasteiger partial charge in [0.2, 0.25) is 0 Å². The number of nitrogens with zero attached hydrogens (tertiary/aromatic N) is 2. The minimum Gasteiger partial charge on any atom is -0.382 e. The largest absolute Gasteiger partial charge is 0.382 e. The van der Waals surface area contributed by atoms with E-state index in [2.05, 4.69) is 27.5 Å². The van der Waals surface area contributed by atoms with Gasteiger partial charge in [0.25, 0.3) is 5.91 Å². The first kappa shape index (κ1) is 20.2. The van der Waals surface area contributed by atoms with Crippen LogP contribution < -0.4 is 22.1 Å². The van der Waals surface area contributed by atoms with Gasteiger partial charge >= 0.3 is 0 Å². The highest BCUT2D eigenvalue weighted by Crippen LogP contribution is 2.31. The number of amides is 1. The third kappa shape index (κ3) is 6.01.